The van der Waals surface area contributed by atoms with E-state index < -0.39 is 0 Å². The van der Waals surface area contributed by atoms with Gasteiger partial charge in [-0.2, -0.15) is 0 Å². The topological polar surface area (TPSA) is 61.4 Å². The monoisotopic (exact) mass is 414 g/mol. The Hall–Kier alpha value is -2.16. The van der Waals surface area contributed by atoms with Gasteiger partial charge in [0.05, 0.1) is 16.0 Å². The van der Waals surface area contributed by atoms with Crippen molar-refractivity contribution in [2.75, 3.05) is 19.5 Å². The molecule has 3 aromatic heterocycles. The van der Waals surface area contributed by atoms with Gasteiger partial charge in [0.2, 0.25) is 4.96 Å². The molecule has 0 aliphatic heterocycles. The number of ketones is 1. The average Bonchev–Trinajstić information content (AvgIpc) is 3.34. The molecule has 0 aliphatic rings. The summed E-state index contributed by atoms with van der Waals surface area (Å²) in [5.41, 5.74) is 4.00. The predicted molar refractivity (Wildman–Crippen MR) is 114 cm³/mol. The molecule has 0 radical (unpaired) electrons. The summed E-state index contributed by atoms with van der Waals surface area (Å²) in [7, 11) is 1.71. The highest BCUT2D eigenvalue weighted by Gasteiger charge is 2.18. The third kappa shape index (κ3) is 3.47. The number of ether oxygens (including phenoxy) is 1. The van der Waals surface area contributed by atoms with E-state index in [-0.39, 0.29) is 5.78 Å². The quantitative estimate of drug-likeness (QED) is 0.243. The zero-order valence-electron chi connectivity index (χ0n) is 16.1. The van der Waals surface area contributed by atoms with E-state index >= 15 is 0 Å². The smallest absolute Gasteiger partial charge is 0.217 e. The molecule has 1 aromatic carbocycles. The highest BCUT2D eigenvalue weighted by molar-refractivity contribution is 7.99. The molecule has 0 fully saturated rings. The first-order valence-corrected chi connectivity index (χ1v) is 10.9. The molecule has 0 saturated heterocycles. The van der Waals surface area contributed by atoms with Crippen molar-refractivity contribution < 1.29 is 9.53 Å². The van der Waals surface area contributed by atoms with E-state index in [0.717, 1.165) is 45.6 Å². The van der Waals surface area contributed by atoms with Gasteiger partial charge in [-0.05, 0) is 38.5 Å². The van der Waals surface area contributed by atoms with Crippen LogP contribution in [0.5, 0.6) is 0 Å². The van der Waals surface area contributed by atoms with Crippen molar-refractivity contribution in [1.82, 2.24) is 19.2 Å². The second kappa shape index (κ2) is 8.06. The Morgan fingerprint density at radius 3 is 2.89 bits per heavy atom. The summed E-state index contributed by atoms with van der Waals surface area (Å²) in [6.07, 6.45) is 0.929. The van der Waals surface area contributed by atoms with Crippen LogP contribution in [0, 0.1) is 13.8 Å². The van der Waals surface area contributed by atoms with Gasteiger partial charge in [0.15, 0.2) is 10.9 Å². The molecule has 4 rings (SSSR count). The van der Waals surface area contributed by atoms with Crippen LogP contribution in [0.15, 0.2) is 35.5 Å². The Labute approximate surface area is 171 Å². The van der Waals surface area contributed by atoms with Gasteiger partial charge >= 0.3 is 0 Å². The molecular formula is C20H22N4O2S2. The van der Waals surface area contributed by atoms with E-state index in [1.807, 2.05) is 36.4 Å². The van der Waals surface area contributed by atoms with Crippen LogP contribution in [0.3, 0.4) is 0 Å². The van der Waals surface area contributed by atoms with Crippen LogP contribution in [0.25, 0.3) is 15.2 Å². The molecule has 0 atom stereocenters. The van der Waals surface area contributed by atoms with Gasteiger partial charge in [0, 0.05) is 37.2 Å². The first-order valence-electron chi connectivity index (χ1n) is 9.14. The van der Waals surface area contributed by atoms with Crippen molar-refractivity contribution >= 4 is 44.1 Å². The van der Waals surface area contributed by atoms with E-state index in [9.17, 15) is 4.79 Å². The number of benzene rings is 1. The summed E-state index contributed by atoms with van der Waals surface area (Å²) < 4.78 is 10.5. The van der Waals surface area contributed by atoms with Gasteiger partial charge in [-0.1, -0.05) is 35.2 Å². The van der Waals surface area contributed by atoms with E-state index in [1.54, 1.807) is 18.4 Å². The zero-order chi connectivity index (χ0) is 19.7. The summed E-state index contributed by atoms with van der Waals surface area (Å²) in [6.45, 7) is 5.63. The number of aryl methyl sites for hydroxylation is 1. The van der Waals surface area contributed by atoms with Gasteiger partial charge in [-0.3, -0.25) is 9.20 Å². The number of carbonyl (C=O) groups is 1. The minimum Gasteiger partial charge on any atom is -0.385 e. The van der Waals surface area contributed by atoms with Crippen molar-refractivity contribution in [1.29, 1.82) is 0 Å². The maximum Gasteiger partial charge on any atom is 0.217 e. The maximum atomic E-state index is 12.9. The number of nitrogens with zero attached hydrogens (tertiary/aromatic N) is 4. The summed E-state index contributed by atoms with van der Waals surface area (Å²) in [6, 6.07) is 10.1. The molecule has 8 heteroatoms. The molecule has 146 valence electrons. The molecule has 0 amide bonds. The number of rotatable bonds is 8. The molecule has 0 saturated carbocycles. The molecule has 0 aliphatic carbocycles. The minimum atomic E-state index is 0.118. The Morgan fingerprint density at radius 2 is 2.07 bits per heavy atom. The summed E-state index contributed by atoms with van der Waals surface area (Å²) in [5.74, 6) is 0.459. The molecule has 4 aromatic rings. The average molecular weight is 415 g/mol. The summed E-state index contributed by atoms with van der Waals surface area (Å²) in [4.78, 5) is 13.7. The Balaban J connectivity index is 1.52. The second-order valence-corrected chi connectivity index (χ2v) is 8.62. The van der Waals surface area contributed by atoms with Crippen LogP contribution < -0.4 is 0 Å². The second-order valence-electron chi connectivity index (χ2n) is 6.66. The van der Waals surface area contributed by atoms with Crippen LogP contribution in [0.1, 0.15) is 28.2 Å². The van der Waals surface area contributed by atoms with Gasteiger partial charge < -0.3 is 9.30 Å². The van der Waals surface area contributed by atoms with Crippen molar-refractivity contribution in [2.45, 2.75) is 32.0 Å². The third-order valence-corrected chi connectivity index (χ3v) is 6.79. The fourth-order valence-corrected chi connectivity index (χ4v) is 5.30. The molecular weight excluding hydrogens is 392 g/mol. The van der Waals surface area contributed by atoms with Crippen LogP contribution >= 0.6 is 23.1 Å². The molecule has 3 heterocycles. The predicted octanol–water partition coefficient (Wildman–Crippen LogP) is 4.37. The fourth-order valence-electron chi connectivity index (χ4n) is 3.45. The largest absolute Gasteiger partial charge is 0.385 e. The number of Topliss-reactive ketones (excluding diaryl/α,β-unsaturated/α-hetero) is 1. The summed E-state index contributed by atoms with van der Waals surface area (Å²) >= 11 is 3.05. The highest BCUT2D eigenvalue weighted by Crippen LogP contribution is 2.30. The van der Waals surface area contributed by atoms with Crippen LogP contribution in [0.2, 0.25) is 0 Å². The Kier molecular flexibility index (Phi) is 5.52. The molecule has 0 bridgehead atoms. The van der Waals surface area contributed by atoms with Crippen LogP contribution in [0.4, 0.5) is 0 Å². The number of fused-ring (bicyclic) bond motifs is 3. The van der Waals surface area contributed by atoms with Gasteiger partial charge in [0.1, 0.15) is 0 Å². The number of thiazole rings is 1. The third-order valence-electron chi connectivity index (χ3n) is 4.85. The number of thioether (sulfide) groups is 1. The van der Waals surface area contributed by atoms with Gasteiger partial charge in [-0.15, -0.1) is 10.2 Å². The van der Waals surface area contributed by atoms with Gasteiger partial charge in [-0.25, -0.2) is 0 Å². The summed E-state index contributed by atoms with van der Waals surface area (Å²) in [5, 5.41) is 9.31. The SMILES string of the molecule is COCCCn1c(C)cc(C(=O)CSc2nnc3sc4ccccc4n23)c1C. The molecule has 0 spiro atoms. The molecule has 0 N–H and O–H groups in total. The standard InChI is InChI=1S/C20H22N4O2S2/c1-13-11-15(14(2)23(13)9-6-10-26-3)17(25)12-27-19-21-22-20-24(19)16-7-4-5-8-18(16)28-20/h4-5,7-8,11H,6,9-10,12H2,1-3H3. The van der Waals surface area contributed by atoms with Crippen molar-refractivity contribution in [3.63, 3.8) is 0 Å². The zero-order valence-corrected chi connectivity index (χ0v) is 17.8. The lowest BCUT2D eigenvalue weighted by molar-refractivity contribution is 0.102. The first-order chi connectivity index (χ1) is 13.6. The number of hydrogen-bond donors (Lipinski definition) is 0. The molecule has 0 unspecified atom stereocenters. The fraction of sp³-hybridized carbons (Fsp3) is 0.350. The Bertz CT molecular complexity index is 1140. The Morgan fingerprint density at radius 1 is 1.25 bits per heavy atom. The van der Waals surface area contributed by atoms with Crippen molar-refractivity contribution in [2.24, 2.45) is 0 Å². The number of methoxy groups -OCH3 is 1. The number of carbonyl (C=O) groups excluding carboxylic acids is 1. The van der Waals surface area contributed by atoms with E-state index in [4.69, 9.17) is 4.74 Å². The maximum absolute atomic E-state index is 12.9. The van der Waals surface area contributed by atoms with Crippen molar-refractivity contribution in [3.8, 4) is 0 Å². The number of hydrogen-bond acceptors (Lipinski definition) is 6. The minimum absolute atomic E-state index is 0.118. The van der Waals surface area contributed by atoms with Crippen LogP contribution in [-0.4, -0.2) is 44.4 Å². The van der Waals surface area contributed by atoms with E-state index in [1.165, 1.54) is 16.5 Å². The molecule has 6 nitrogen and oxygen atoms in total. The lowest BCUT2D eigenvalue weighted by Gasteiger charge is -2.09. The van der Waals surface area contributed by atoms with Crippen LogP contribution in [-0.2, 0) is 11.3 Å². The number of aromatic nitrogens is 4. The van der Waals surface area contributed by atoms with Crippen molar-refractivity contribution in [3.05, 3.63) is 47.3 Å². The van der Waals surface area contributed by atoms with E-state index in [2.05, 4.69) is 26.9 Å². The highest BCUT2D eigenvalue weighted by atomic mass is 32.2. The number of para-hydroxylation sites is 1. The van der Waals surface area contributed by atoms with Gasteiger partial charge in [0.25, 0.3) is 0 Å². The lowest BCUT2D eigenvalue weighted by atomic mass is 10.2. The normalized spacial score (nSPS) is 11.7. The lowest BCUT2D eigenvalue weighted by Crippen LogP contribution is -2.08. The molecule has 28 heavy (non-hydrogen) atoms. The van der Waals surface area contributed by atoms with E-state index in [0.29, 0.717) is 12.4 Å². The first kappa shape index (κ1) is 19.2.